The van der Waals surface area contributed by atoms with Crippen LogP contribution in [0.15, 0.2) is 59.4 Å². The first kappa shape index (κ1) is 27.4. The summed E-state index contributed by atoms with van der Waals surface area (Å²) in [4.78, 5) is 34.8. The van der Waals surface area contributed by atoms with Gasteiger partial charge in [0.15, 0.2) is 0 Å². The number of halogens is 3. The number of allylic oxidation sites excluding steroid dienone is 4. The van der Waals surface area contributed by atoms with Gasteiger partial charge in [-0.05, 0) is 68.0 Å². The number of carbonyl (C=O) groups excluding carboxylic acids is 2. The van der Waals surface area contributed by atoms with Crippen LogP contribution in [0.1, 0.15) is 60.3 Å². The number of hydrogen-bond donors (Lipinski definition) is 2. The molecule has 43 heavy (non-hydrogen) atoms. The fourth-order valence-corrected chi connectivity index (χ4v) is 9.14. The van der Waals surface area contributed by atoms with Crippen LogP contribution in [0.5, 0.6) is 0 Å². The Bertz CT molecular complexity index is 1800. The molecule has 1 spiro atoms. The number of nitrogens with one attached hydrogen (secondary N) is 2. The molecule has 10 heteroatoms. The Balaban J connectivity index is 1.41. The Morgan fingerprint density at radius 2 is 2.00 bits per heavy atom. The van der Waals surface area contributed by atoms with Crippen molar-refractivity contribution in [2.45, 2.75) is 56.7 Å². The zero-order valence-corrected chi connectivity index (χ0v) is 25.5. The van der Waals surface area contributed by atoms with Gasteiger partial charge in [-0.15, -0.1) is 0 Å². The second-order valence-corrected chi connectivity index (χ2v) is 13.8. The van der Waals surface area contributed by atoms with Gasteiger partial charge < -0.3 is 15.2 Å². The summed E-state index contributed by atoms with van der Waals surface area (Å²) >= 11 is 13.0. The van der Waals surface area contributed by atoms with Gasteiger partial charge in [-0.2, -0.15) is 0 Å². The fourth-order valence-electron chi connectivity index (χ4n) is 8.67. The highest BCUT2D eigenvalue weighted by atomic mass is 35.5. The second kappa shape index (κ2) is 9.40. The summed E-state index contributed by atoms with van der Waals surface area (Å²) in [7, 11) is 1.61. The van der Waals surface area contributed by atoms with Crippen LogP contribution in [-0.4, -0.2) is 45.9 Å². The molecule has 3 aliphatic heterocycles. The van der Waals surface area contributed by atoms with Crippen molar-refractivity contribution >= 4 is 51.7 Å². The van der Waals surface area contributed by atoms with Crippen LogP contribution in [0.3, 0.4) is 0 Å². The van der Waals surface area contributed by atoms with Gasteiger partial charge in [0.25, 0.3) is 5.91 Å². The van der Waals surface area contributed by atoms with Gasteiger partial charge in [-0.1, -0.05) is 42.3 Å². The monoisotopic (exact) mass is 619 g/mol. The van der Waals surface area contributed by atoms with Crippen LogP contribution in [-0.2, 0) is 16.9 Å². The summed E-state index contributed by atoms with van der Waals surface area (Å²) in [5, 5.41) is 6.47. The molecule has 3 aromatic rings. The van der Waals surface area contributed by atoms with E-state index >= 15 is 4.39 Å². The van der Waals surface area contributed by atoms with Crippen LogP contribution < -0.4 is 10.6 Å². The van der Waals surface area contributed by atoms with Crippen molar-refractivity contribution in [2.75, 3.05) is 18.9 Å². The van der Waals surface area contributed by atoms with E-state index in [0.29, 0.717) is 35.2 Å². The Morgan fingerprint density at radius 1 is 1.19 bits per heavy atom. The smallest absolute Gasteiger partial charge is 0.251 e. The summed E-state index contributed by atoms with van der Waals surface area (Å²) in [6, 6.07) is 11.1. The van der Waals surface area contributed by atoms with Gasteiger partial charge in [0, 0.05) is 65.3 Å². The van der Waals surface area contributed by atoms with E-state index in [1.54, 1.807) is 19.2 Å². The molecule has 2 N–H and O–H groups in total. The maximum absolute atomic E-state index is 16.7. The van der Waals surface area contributed by atoms with Crippen molar-refractivity contribution in [3.63, 3.8) is 0 Å². The van der Waals surface area contributed by atoms with Gasteiger partial charge >= 0.3 is 0 Å². The molecular formula is C33H32Cl2FN5O2. The normalized spacial score (nSPS) is 31.4. The van der Waals surface area contributed by atoms with E-state index < -0.39 is 22.7 Å². The van der Waals surface area contributed by atoms with Crippen LogP contribution >= 0.6 is 23.2 Å². The van der Waals surface area contributed by atoms with Crippen molar-refractivity contribution in [1.29, 1.82) is 0 Å². The first-order valence-electron chi connectivity index (χ1n) is 15.0. The minimum atomic E-state index is -1.15. The number of rotatable bonds is 4. The van der Waals surface area contributed by atoms with Gasteiger partial charge in [0.05, 0.1) is 16.1 Å². The molecule has 1 saturated carbocycles. The second-order valence-electron chi connectivity index (χ2n) is 13.0. The van der Waals surface area contributed by atoms with Crippen molar-refractivity contribution in [3.05, 3.63) is 81.4 Å². The largest absolute Gasteiger partial charge is 0.355 e. The number of amides is 2. The number of benzene rings is 2. The van der Waals surface area contributed by atoms with Crippen molar-refractivity contribution in [3.8, 4) is 0 Å². The molecule has 1 unspecified atom stereocenters. The maximum atomic E-state index is 16.7. The van der Waals surface area contributed by atoms with E-state index in [9.17, 15) is 9.59 Å². The zero-order chi connectivity index (χ0) is 29.8. The molecular weight excluding hydrogens is 588 g/mol. The molecule has 2 fully saturated rings. The summed E-state index contributed by atoms with van der Waals surface area (Å²) in [5.41, 5.74) is 1.47. The lowest BCUT2D eigenvalue weighted by molar-refractivity contribution is -0.132. The van der Waals surface area contributed by atoms with Gasteiger partial charge in [-0.25, -0.2) is 9.37 Å². The summed E-state index contributed by atoms with van der Waals surface area (Å²) in [6.07, 6.45) is 6.97. The molecule has 5 aliphatic rings. The highest BCUT2D eigenvalue weighted by molar-refractivity contribution is 6.31. The Morgan fingerprint density at radius 3 is 2.77 bits per heavy atom. The van der Waals surface area contributed by atoms with Crippen LogP contribution in [0, 0.1) is 17.3 Å². The number of nitrogens with zero attached hydrogens (tertiary/aromatic N) is 3. The SMILES string of the molecule is CNC(=O)c1ccc2c(c1)nc1n2CC[C@H]2[C@@H]1[C@H](C1(C)CC=CC(Cl)=C1F)[C@]1(C(=O)Nc3cc(Cl)ccc31)N2CC1CC1. The lowest BCUT2D eigenvalue weighted by Crippen LogP contribution is -2.56. The van der Waals surface area contributed by atoms with E-state index in [0.717, 1.165) is 48.2 Å². The van der Waals surface area contributed by atoms with Gasteiger partial charge in [0.1, 0.15) is 17.2 Å². The lowest BCUT2D eigenvalue weighted by atomic mass is 9.58. The molecule has 4 heterocycles. The Hall–Kier alpha value is -3.20. The first-order chi connectivity index (χ1) is 20.7. The molecule has 1 aromatic heterocycles. The minimum Gasteiger partial charge on any atom is -0.355 e. The average molecular weight is 621 g/mol. The third-order valence-electron chi connectivity index (χ3n) is 10.6. The summed E-state index contributed by atoms with van der Waals surface area (Å²) < 4.78 is 18.9. The summed E-state index contributed by atoms with van der Waals surface area (Å²) in [6.45, 7) is 3.38. The van der Waals surface area contributed by atoms with Crippen LogP contribution in [0.25, 0.3) is 11.0 Å². The molecule has 222 valence electrons. The summed E-state index contributed by atoms with van der Waals surface area (Å²) in [5.74, 6) is -0.202. The van der Waals surface area contributed by atoms with E-state index in [4.69, 9.17) is 28.2 Å². The third-order valence-corrected chi connectivity index (χ3v) is 11.2. The highest BCUT2D eigenvalue weighted by Crippen LogP contribution is 2.68. The predicted molar refractivity (Wildman–Crippen MR) is 165 cm³/mol. The Labute approximate surface area is 259 Å². The van der Waals surface area contributed by atoms with E-state index in [1.807, 2.05) is 43.3 Å². The minimum absolute atomic E-state index is 0.0463. The van der Waals surface area contributed by atoms with Crippen LogP contribution in [0.4, 0.5) is 10.1 Å². The van der Waals surface area contributed by atoms with Crippen molar-refractivity contribution in [2.24, 2.45) is 17.3 Å². The number of aromatic nitrogens is 2. The molecule has 5 atom stereocenters. The number of imidazole rings is 1. The number of anilines is 1. The molecule has 2 amide bonds. The lowest BCUT2D eigenvalue weighted by Gasteiger charge is -2.47. The number of carbonyl (C=O) groups is 2. The number of hydrogen-bond acceptors (Lipinski definition) is 4. The number of fused-ring (bicyclic) bond motifs is 7. The van der Waals surface area contributed by atoms with E-state index in [2.05, 4.69) is 20.1 Å². The van der Waals surface area contributed by atoms with Crippen molar-refractivity contribution < 1.29 is 14.0 Å². The van der Waals surface area contributed by atoms with Crippen LogP contribution in [0.2, 0.25) is 5.02 Å². The quantitative estimate of drug-likeness (QED) is 0.350. The van der Waals surface area contributed by atoms with Gasteiger partial charge in [-0.3, -0.25) is 14.5 Å². The molecule has 8 rings (SSSR count). The van der Waals surface area contributed by atoms with Gasteiger partial charge in [0.2, 0.25) is 5.91 Å². The topological polar surface area (TPSA) is 79.3 Å². The van der Waals surface area contributed by atoms with Crippen molar-refractivity contribution in [1.82, 2.24) is 19.8 Å². The number of likely N-dealkylation sites (tertiary alicyclic amines) is 1. The molecule has 1 saturated heterocycles. The first-order valence-corrected chi connectivity index (χ1v) is 15.8. The predicted octanol–water partition coefficient (Wildman–Crippen LogP) is 6.48. The highest BCUT2D eigenvalue weighted by Gasteiger charge is 2.72. The molecule has 0 bridgehead atoms. The molecule has 2 aliphatic carbocycles. The standard InChI is InChI=1S/C33H32Cl2FN5O2/c1-32(12-3-4-21(35)28(32)36)27-26-25(11-13-40-24-10-7-18(30(42)37-2)14-23(24)38-29(26)40)41(16-17-5-6-17)33(27)20-9-8-19(34)15-22(20)39-31(33)43/h3-4,7-10,14-15,17,25-27H,5-6,11-13,16H2,1-2H3,(H,37,42)(H,39,43)/t25-,26+,27+,32?,33+/m0/s1. The maximum Gasteiger partial charge on any atom is 0.251 e. The number of aryl methyl sites for hydroxylation is 1. The third kappa shape index (κ3) is 3.66. The molecule has 2 aromatic carbocycles. The average Bonchev–Trinajstić information content (AvgIpc) is 3.57. The molecule has 0 radical (unpaired) electrons. The zero-order valence-electron chi connectivity index (χ0n) is 24.0. The molecule has 7 nitrogen and oxygen atoms in total. The van der Waals surface area contributed by atoms with E-state index in [-0.39, 0.29) is 28.8 Å². The fraction of sp³-hybridized carbons (Fsp3) is 0.424. The Kier molecular flexibility index (Phi) is 5.98. The van der Waals surface area contributed by atoms with E-state index in [1.165, 1.54) is 0 Å².